The van der Waals surface area contributed by atoms with Crippen molar-refractivity contribution in [3.63, 3.8) is 0 Å². The lowest BCUT2D eigenvalue weighted by atomic mass is 10.1. The highest BCUT2D eigenvalue weighted by Gasteiger charge is 2.37. The van der Waals surface area contributed by atoms with Crippen LogP contribution in [-0.2, 0) is 0 Å². The molecule has 0 bridgehead atoms. The summed E-state index contributed by atoms with van der Waals surface area (Å²) in [4.78, 5) is 18.8. The van der Waals surface area contributed by atoms with Crippen molar-refractivity contribution in [3.8, 4) is 0 Å². The fourth-order valence-corrected chi connectivity index (χ4v) is 3.40. The Hall–Kier alpha value is -2.85. The Balaban J connectivity index is 1.80. The van der Waals surface area contributed by atoms with Gasteiger partial charge in [-0.25, -0.2) is 0 Å². The van der Waals surface area contributed by atoms with Gasteiger partial charge in [0.1, 0.15) is 6.17 Å². The second-order valence-corrected chi connectivity index (χ2v) is 6.41. The van der Waals surface area contributed by atoms with Crippen LogP contribution in [0.2, 0.25) is 5.02 Å². The van der Waals surface area contributed by atoms with Gasteiger partial charge in [0, 0.05) is 17.3 Å². The zero-order valence-corrected chi connectivity index (χ0v) is 14.4. The molecule has 1 aliphatic heterocycles. The van der Waals surface area contributed by atoms with Gasteiger partial charge in [-0.2, -0.15) is 0 Å². The zero-order valence-electron chi connectivity index (χ0n) is 13.6. The first-order valence-corrected chi connectivity index (χ1v) is 8.38. The van der Waals surface area contributed by atoms with Crippen LogP contribution in [0.5, 0.6) is 0 Å². The van der Waals surface area contributed by atoms with Crippen LogP contribution in [0.15, 0.2) is 67.0 Å². The highest BCUT2D eigenvalue weighted by atomic mass is 35.5. The van der Waals surface area contributed by atoms with Gasteiger partial charge in [0.25, 0.3) is 5.91 Å². The molecule has 0 aliphatic carbocycles. The second kappa shape index (κ2) is 6.22. The van der Waals surface area contributed by atoms with Crippen LogP contribution >= 0.6 is 11.6 Å². The number of benzene rings is 2. The molecule has 4 nitrogen and oxygen atoms in total. The Bertz CT molecular complexity index is 943. The van der Waals surface area contributed by atoms with Crippen molar-refractivity contribution in [2.24, 2.45) is 0 Å². The molecule has 0 radical (unpaired) electrons. The molecule has 5 heteroatoms. The molecule has 1 amide bonds. The summed E-state index contributed by atoms with van der Waals surface area (Å²) in [7, 11) is 0. The zero-order chi connectivity index (χ0) is 17.4. The van der Waals surface area contributed by atoms with Crippen LogP contribution in [0, 0.1) is 6.92 Å². The molecule has 124 valence electrons. The quantitative estimate of drug-likeness (QED) is 0.737. The summed E-state index contributed by atoms with van der Waals surface area (Å²) < 4.78 is 0. The van der Waals surface area contributed by atoms with Crippen molar-refractivity contribution in [3.05, 3.63) is 88.7 Å². The summed E-state index contributed by atoms with van der Waals surface area (Å²) in [6.45, 7) is 1.99. The van der Waals surface area contributed by atoms with Crippen LogP contribution in [0.1, 0.15) is 27.7 Å². The predicted octanol–water partition coefficient (Wildman–Crippen LogP) is 4.81. The number of amides is 1. The Labute approximate surface area is 151 Å². The summed E-state index contributed by atoms with van der Waals surface area (Å²) in [5.41, 5.74) is 4.22. The van der Waals surface area contributed by atoms with E-state index < -0.39 is 0 Å². The SMILES string of the molecule is Cc1ccc(N[C@H]2c3ccccc3C(=O)N2c2cccnc2)c(Cl)c1. The van der Waals surface area contributed by atoms with Crippen molar-refractivity contribution >= 4 is 28.9 Å². The number of aromatic nitrogens is 1. The van der Waals surface area contributed by atoms with Crippen LogP contribution in [-0.4, -0.2) is 10.9 Å². The molecule has 0 saturated heterocycles. The smallest absolute Gasteiger partial charge is 0.260 e. The van der Waals surface area contributed by atoms with Gasteiger partial charge in [-0.05, 0) is 42.8 Å². The Morgan fingerprint density at radius 3 is 2.72 bits per heavy atom. The molecule has 1 aromatic heterocycles. The molecule has 25 heavy (non-hydrogen) atoms. The van der Waals surface area contributed by atoms with Crippen molar-refractivity contribution in [1.29, 1.82) is 0 Å². The average Bonchev–Trinajstić information content (AvgIpc) is 2.91. The monoisotopic (exact) mass is 349 g/mol. The number of pyridine rings is 1. The average molecular weight is 350 g/mol. The fraction of sp³-hybridized carbons (Fsp3) is 0.100. The maximum Gasteiger partial charge on any atom is 0.260 e. The maximum atomic E-state index is 13.0. The highest BCUT2D eigenvalue weighted by molar-refractivity contribution is 6.33. The summed E-state index contributed by atoms with van der Waals surface area (Å²) in [5.74, 6) is -0.0515. The normalized spacial score (nSPS) is 16.0. The first kappa shape index (κ1) is 15.7. The lowest BCUT2D eigenvalue weighted by Gasteiger charge is -2.27. The number of aryl methyl sites for hydroxylation is 1. The molecule has 1 atom stereocenters. The van der Waals surface area contributed by atoms with Gasteiger partial charge in [-0.1, -0.05) is 35.9 Å². The molecule has 0 spiro atoms. The van der Waals surface area contributed by atoms with E-state index in [0.717, 1.165) is 22.5 Å². The minimum absolute atomic E-state index is 0.0515. The van der Waals surface area contributed by atoms with Crippen LogP contribution in [0.25, 0.3) is 0 Å². The van der Waals surface area contributed by atoms with Crippen LogP contribution in [0.3, 0.4) is 0 Å². The molecule has 4 rings (SSSR count). The van der Waals surface area contributed by atoms with Gasteiger partial charge in [-0.15, -0.1) is 0 Å². The largest absolute Gasteiger partial charge is 0.360 e. The molecule has 1 N–H and O–H groups in total. The molecule has 1 aliphatic rings. The van der Waals surface area contributed by atoms with Gasteiger partial charge >= 0.3 is 0 Å². The van der Waals surface area contributed by atoms with E-state index in [9.17, 15) is 4.79 Å². The standard InChI is InChI=1S/C20H16ClN3O/c1-13-8-9-18(17(21)11-13)23-19-15-6-2-3-7-16(15)20(25)24(19)14-5-4-10-22-12-14/h2-12,19,23H,1H3/t19-/m1/s1. The first-order chi connectivity index (χ1) is 12.1. The van der Waals surface area contributed by atoms with Crippen LogP contribution < -0.4 is 10.2 Å². The molecule has 0 fully saturated rings. The highest BCUT2D eigenvalue weighted by Crippen LogP contribution is 2.38. The third-order valence-electron chi connectivity index (χ3n) is 4.30. The Morgan fingerprint density at radius 1 is 1.12 bits per heavy atom. The topological polar surface area (TPSA) is 45.2 Å². The Kier molecular flexibility index (Phi) is 3.90. The molecule has 2 heterocycles. The summed E-state index contributed by atoms with van der Waals surface area (Å²) in [6, 6.07) is 17.1. The van der Waals surface area contributed by atoms with E-state index in [1.807, 2.05) is 61.5 Å². The number of nitrogens with one attached hydrogen (secondary N) is 1. The van der Waals surface area contributed by atoms with Gasteiger partial charge in [0.2, 0.25) is 0 Å². The van der Waals surface area contributed by atoms with Crippen molar-refractivity contribution in [2.45, 2.75) is 13.1 Å². The van der Waals surface area contributed by atoms with E-state index in [1.54, 1.807) is 17.3 Å². The molecule has 2 aromatic carbocycles. The van der Waals surface area contributed by atoms with E-state index in [1.165, 1.54) is 0 Å². The van der Waals surface area contributed by atoms with E-state index >= 15 is 0 Å². The second-order valence-electron chi connectivity index (χ2n) is 6.00. The lowest BCUT2D eigenvalue weighted by molar-refractivity contribution is 0.0993. The van der Waals surface area contributed by atoms with Crippen molar-refractivity contribution in [1.82, 2.24) is 4.98 Å². The number of carbonyl (C=O) groups excluding carboxylic acids is 1. The minimum Gasteiger partial charge on any atom is -0.360 e. The summed E-state index contributed by atoms with van der Waals surface area (Å²) in [6.07, 6.45) is 3.04. The van der Waals surface area contributed by atoms with Crippen molar-refractivity contribution < 1.29 is 4.79 Å². The van der Waals surface area contributed by atoms with Gasteiger partial charge in [0.15, 0.2) is 0 Å². The number of rotatable bonds is 3. The summed E-state index contributed by atoms with van der Waals surface area (Å²) >= 11 is 6.39. The van der Waals surface area contributed by atoms with E-state index in [-0.39, 0.29) is 12.1 Å². The molecular formula is C20H16ClN3O. The number of fused-ring (bicyclic) bond motifs is 1. The Morgan fingerprint density at radius 2 is 1.96 bits per heavy atom. The number of carbonyl (C=O) groups is 1. The van der Waals surface area contributed by atoms with Gasteiger partial charge in [-0.3, -0.25) is 14.7 Å². The first-order valence-electron chi connectivity index (χ1n) is 8.00. The third kappa shape index (κ3) is 2.75. The van der Waals surface area contributed by atoms with Crippen molar-refractivity contribution in [2.75, 3.05) is 10.2 Å². The number of nitrogens with zero attached hydrogens (tertiary/aromatic N) is 2. The van der Waals surface area contributed by atoms with Gasteiger partial charge in [0.05, 0.1) is 22.6 Å². The van der Waals surface area contributed by atoms with Gasteiger partial charge < -0.3 is 5.32 Å². The summed E-state index contributed by atoms with van der Waals surface area (Å²) in [5, 5.41) is 4.04. The van der Waals surface area contributed by atoms with E-state index in [2.05, 4.69) is 10.3 Å². The van der Waals surface area contributed by atoms with E-state index in [4.69, 9.17) is 11.6 Å². The molecule has 0 unspecified atom stereocenters. The maximum absolute atomic E-state index is 13.0. The lowest BCUT2D eigenvalue weighted by Crippen LogP contribution is -2.32. The number of halogens is 1. The molecule has 0 saturated carbocycles. The molecule has 3 aromatic rings. The van der Waals surface area contributed by atoms with Crippen LogP contribution in [0.4, 0.5) is 11.4 Å². The minimum atomic E-state index is -0.340. The number of anilines is 2. The number of hydrogen-bond donors (Lipinski definition) is 1. The van der Waals surface area contributed by atoms with E-state index in [0.29, 0.717) is 10.6 Å². The molecular weight excluding hydrogens is 334 g/mol. The fourth-order valence-electron chi connectivity index (χ4n) is 3.11. The number of hydrogen-bond acceptors (Lipinski definition) is 3. The predicted molar refractivity (Wildman–Crippen MR) is 100 cm³/mol. The third-order valence-corrected chi connectivity index (χ3v) is 4.62.